The molecule has 4 aromatic rings. The molecule has 0 fully saturated rings. The van der Waals surface area contributed by atoms with Gasteiger partial charge in [0.1, 0.15) is 0 Å². The van der Waals surface area contributed by atoms with Gasteiger partial charge >= 0.3 is 0 Å². The van der Waals surface area contributed by atoms with Gasteiger partial charge in [0, 0.05) is 6.54 Å². The van der Waals surface area contributed by atoms with Crippen molar-refractivity contribution in [3.63, 3.8) is 0 Å². The molecule has 0 amide bonds. The molecule has 30 heavy (non-hydrogen) atoms. The molecule has 8 heteroatoms. The van der Waals surface area contributed by atoms with Crippen LogP contribution in [-0.4, -0.2) is 29.8 Å². The molecule has 0 atom stereocenters. The Kier molecular flexibility index (Phi) is 6.23. The first kappa shape index (κ1) is 20.3. The summed E-state index contributed by atoms with van der Waals surface area (Å²) in [5, 5.41) is 13.3. The third-order valence-corrected chi connectivity index (χ3v) is 5.95. The Bertz CT molecular complexity index is 1220. The average molecular weight is 421 g/mol. The number of rotatable bonds is 8. The molecule has 154 valence electrons. The second kappa shape index (κ2) is 9.21. The van der Waals surface area contributed by atoms with Crippen LogP contribution in [-0.2, 0) is 18.7 Å². The zero-order chi connectivity index (χ0) is 20.9. The Hall–Kier alpha value is -3.00. The van der Waals surface area contributed by atoms with Crippen LogP contribution in [0.4, 0.5) is 0 Å². The molecule has 0 unspecified atom stereocenters. The lowest BCUT2D eigenvalue weighted by atomic mass is 10.1. The maximum absolute atomic E-state index is 13.5. The number of aromatic nitrogens is 6. The lowest BCUT2D eigenvalue weighted by Gasteiger charge is -2.16. The number of benzene rings is 2. The van der Waals surface area contributed by atoms with E-state index in [-0.39, 0.29) is 5.56 Å². The smallest absolute Gasteiger partial charge is 0.266 e. The number of unbranched alkanes of at least 4 members (excludes halogenated alkanes) is 1. The highest BCUT2D eigenvalue weighted by Crippen LogP contribution is 2.25. The van der Waals surface area contributed by atoms with Crippen LogP contribution < -0.4 is 5.56 Å². The van der Waals surface area contributed by atoms with Crippen LogP contribution in [0.5, 0.6) is 0 Å². The number of aryl methyl sites for hydroxylation is 2. The van der Waals surface area contributed by atoms with Gasteiger partial charge in [-0.2, -0.15) is 0 Å². The molecule has 4 rings (SSSR count). The van der Waals surface area contributed by atoms with Crippen LogP contribution >= 0.6 is 11.8 Å². The summed E-state index contributed by atoms with van der Waals surface area (Å²) in [4.78, 5) is 18.3. The van der Waals surface area contributed by atoms with Crippen LogP contribution in [0.15, 0.2) is 58.5 Å². The van der Waals surface area contributed by atoms with Crippen molar-refractivity contribution in [2.24, 2.45) is 0 Å². The Morgan fingerprint density at radius 3 is 2.67 bits per heavy atom. The van der Waals surface area contributed by atoms with Crippen LogP contribution in [0.3, 0.4) is 0 Å². The number of nitrogens with zero attached hydrogens (tertiary/aromatic N) is 6. The standard InChI is InChI=1S/C22H24N6OS/c1-3-5-14-27-20(24-25-26-27)15-30-22-23-18-12-8-7-11-17(18)21(29)28(22)19-13-9-6-10-16(19)4-2/h6-13H,3-5,14-15H2,1-2H3. The molecular formula is C22H24N6OS. The fourth-order valence-corrected chi connectivity index (χ4v) is 4.33. The molecule has 0 bridgehead atoms. The van der Waals surface area contributed by atoms with E-state index in [0.29, 0.717) is 21.8 Å². The number of thioether (sulfide) groups is 1. The molecule has 0 aliphatic heterocycles. The summed E-state index contributed by atoms with van der Waals surface area (Å²) in [5.74, 6) is 1.32. The van der Waals surface area contributed by atoms with Gasteiger partial charge in [-0.3, -0.25) is 9.36 Å². The topological polar surface area (TPSA) is 78.5 Å². The zero-order valence-electron chi connectivity index (χ0n) is 17.2. The first-order chi connectivity index (χ1) is 14.7. The fourth-order valence-electron chi connectivity index (χ4n) is 3.39. The van der Waals surface area contributed by atoms with Gasteiger partial charge in [-0.15, -0.1) is 5.10 Å². The predicted octanol–water partition coefficient (Wildman–Crippen LogP) is 4.03. The molecule has 0 radical (unpaired) electrons. The maximum Gasteiger partial charge on any atom is 0.266 e. The minimum absolute atomic E-state index is 0.0606. The normalized spacial score (nSPS) is 11.3. The molecule has 2 heterocycles. The summed E-state index contributed by atoms with van der Waals surface area (Å²) in [6, 6.07) is 15.5. The van der Waals surface area contributed by atoms with Crippen molar-refractivity contribution in [3.8, 4) is 5.69 Å². The minimum atomic E-state index is -0.0606. The molecule has 2 aromatic heterocycles. The van der Waals surface area contributed by atoms with E-state index in [1.54, 1.807) is 4.57 Å². The van der Waals surface area contributed by atoms with Gasteiger partial charge in [0.05, 0.1) is 22.3 Å². The number of hydrogen-bond acceptors (Lipinski definition) is 6. The zero-order valence-corrected chi connectivity index (χ0v) is 18.0. The van der Waals surface area contributed by atoms with E-state index in [2.05, 4.69) is 35.4 Å². The van der Waals surface area contributed by atoms with Crippen molar-refractivity contribution in [2.45, 2.75) is 50.6 Å². The number of hydrogen-bond donors (Lipinski definition) is 0. The highest BCUT2D eigenvalue weighted by molar-refractivity contribution is 7.98. The first-order valence-electron chi connectivity index (χ1n) is 10.2. The highest BCUT2D eigenvalue weighted by atomic mass is 32.2. The highest BCUT2D eigenvalue weighted by Gasteiger charge is 2.16. The Morgan fingerprint density at radius 1 is 1.03 bits per heavy atom. The summed E-state index contributed by atoms with van der Waals surface area (Å²) in [6.45, 7) is 5.02. The Morgan fingerprint density at radius 2 is 1.83 bits per heavy atom. The SMILES string of the molecule is CCCCn1nnnc1CSc1nc2ccccc2c(=O)n1-c1ccccc1CC. The molecule has 2 aromatic carbocycles. The van der Waals surface area contributed by atoms with Crippen molar-refractivity contribution in [1.29, 1.82) is 0 Å². The predicted molar refractivity (Wildman–Crippen MR) is 119 cm³/mol. The quantitative estimate of drug-likeness (QED) is 0.316. The van der Waals surface area contributed by atoms with Crippen LogP contribution in [0.25, 0.3) is 16.6 Å². The van der Waals surface area contributed by atoms with E-state index >= 15 is 0 Å². The van der Waals surface area contributed by atoms with E-state index in [1.165, 1.54) is 11.8 Å². The van der Waals surface area contributed by atoms with E-state index in [0.717, 1.165) is 42.9 Å². The molecule has 7 nitrogen and oxygen atoms in total. The second-order valence-electron chi connectivity index (χ2n) is 6.99. The lowest BCUT2D eigenvalue weighted by molar-refractivity contribution is 0.540. The van der Waals surface area contributed by atoms with E-state index < -0.39 is 0 Å². The van der Waals surface area contributed by atoms with Crippen LogP contribution in [0.2, 0.25) is 0 Å². The average Bonchev–Trinajstić information content (AvgIpc) is 3.23. The molecule has 0 spiro atoms. The van der Waals surface area contributed by atoms with Gasteiger partial charge in [0.15, 0.2) is 11.0 Å². The summed E-state index contributed by atoms with van der Waals surface area (Å²) in [5.41, 5.74) is 2.61. The van der Waals surface area contributed by atoms with Gasteiger partial charge < -0.3 is 0 Å². The van der Waals surface area contributed by atoms with Crippen LogP contribution in [0, 0.1) is 0 Å². The van der Waals surface area contributed by atoms with Crippen molar-refractivity contribution in [1.82, 2.24) is 29.8 Å². The van der Waals surface area contributed by atoms with E-state index in [9.17, 15) is 4.79 Å². The van der Waals surface area contributed by atoms with E-state index in [4.69, 9.17) is 4.98 Å². The third kappa shape index (κ3) is 4.00. The third-order valence-electron chi connectivity index (χ3n) is 5.02. The minimum Gasteiger partial charge on any atom is -0.268 e. The molecule has 0 saturated heterocycles. The lowest BCUT2D eigenvalue weighted by Crippen LogP contribution is -2.23. The van der Waals surface area contributed by atoms with Gasteiger partial charge in [-0.1, -0.05) is 62.4 Å². The van der Waals surface area contributed by atoms with Crippen molar-refractivity contribution < 1.29 is 0 Å². The summed E-state index contributed by atoms with van der Waals surface area (Å²) in [6.07, 6.45) is 2.92. The number of tetrazole rings is 1. The Balaban J connectivity index is 1.79. The number of para-hydroxylation sites is 2. The summed E-state index contributed by atoms with van der Waals surface area (Å²) < 4.78 is 3.56. The van der Waals surface area contributed by atoms with Crippen molar-refractivity contribution >= 4 is 22.7 Å². The maximum atomic E-state index is 13.5. The largest absolute Gasteiger partial charge is 0.268 e. The van der Waals surface area contributed by atoms with Gasteiger partial charge in [-0.05, 0) is 47.0 Å². The molecule has 0 aliphatic carbocycles. The molecule has 0 aliphatic rings. The summed E-state index contributed by atoms with van der Waals surface area (Å²) in [7, 11) is 0. The van der Waals surface area contributed by atoms with E-state index in [1.807, 2.05) is 47.1 Å². The second-order valence-corrected chi connectivity index (χ2v) is 7.94. The van der Waals surface area contributed by atoms with Gasteiger partial charge in [0.25, 0.3) is 5.56 Å². The van der Waals surface area contributed by atoms with Gasteiger partial charge in [-0.25, -0.2) is 9.67 Å². The first-order valence-corrected chi connectivity index (χ1v) is 11.2. The van der Waals surface area contributed by atoms with Crippen LogP contribution in [0.1, 0.15) is 38.1 Å². The molecule has 0 saturated carbocycles. The Labute approximate surface area is 179 Å². The fraction of sp³-hybridized carbons (Fsp3) is 0.318. The monoisotopic (exact) mass is 420 g/mol. The van der Waals surface area contributed by atoms with Crippen molar-refractivity contribution in [3.05, 3.63) is 70.3 Å². The molecule has 0 N–H and O–H groups in total. The van der Waals surface area contributed by atoms with Gasteiger partial charge in [0.2, 0.25) is 0 Å². The van der Waals surface area contributed by atoms with Crippen molar-refractivity contribution in [2.75, 3.05) is 0 Å². The molecular weight excluding hydrogens is 396 g/mol. The number of fused-ring (bicyclic) bond motifs is 1. The summed E-state index contributed by atoms with van der Waals surface area (Å²) >= 11 is 1.48.